The second-order valence-corrected chi connectivity index (χ2v) is 5.70. The maximum atomic E-state index is 5.91. The highest BCUT2D eigenvalue weighted by molar-refractivity contribution is 5.55. The standard InChI is InChI=1S/C18H22N2/c1-14-12-15(9-10-17(14)19)13-20-11-5-4-7-16-6-2-3-8-18(16)20/h2-3,6,8-10,12H,4-5,7,11,13,19H2,1H3. The van der Waals surface area contributed by atoms with Crippen LogP contribution in [0.25, 0.3) is 0 Å². The number of nitrogens with zero attached hydrogens (tertiary/aromatic N) is 1. The summed E-state index contributed by atoms with van der Waals surface area (Å²) in [6, 6.07) is 15.2. The molecule has 3 rings (SSSR count). The van der Waals surface area contributed by atoms with Crippen LogP contribution in [0, 0.1) is 6.92 Å². The summed E-state index contributed by atoms with van der Waals surface area (Å²) in [7, 11) is 0. The summed E-state index contributed by atoms with van der Waals surface area (Å²) in [4.78, 5) is 2.51. The van der Waals surface area contributed by atoms with Crippen molar-refractivity contribution in [3.05, 3.63) is 59.2 Å². The molecule has 2 heteroatoms. The van der Waals surface area contributed by atoms with Crippen molar-refractivity contribution < 1.29 is 0 Å². The predicted molar refractivity (Wildman–Crippen MR) is 86.0 cm³/mol. The zero-order chi connectivity index (χ0) is 13.9. The summed E-state index contributed by atoms with van der Waals surface area (Å²) in [5.74, 6) is 0. The van der Waals surface area contributed by atoms with Gasteiger partial charge in [-0.1, -0.05) is 30.3 Å². The number of fused-ring (bicyclic) bond motifs is 1. The molecule has 104 valence electrons. The van der Waals surface area contributed by atoms with E-state index in [1.807, 2.05) is 6.07 Å². The molecule has 2 aromatic carbocycles. The molecule has 0 fully saturated rings. The van der Waals surface area contributed by atoms with Gasteiger partial charge in [-0.15, -0.1) is 0 Å². The van der Waals surface area contributed by atoms with Crippen molar-refractivity contribution in [3.8, 4) is 0 Å². The van der Waals surface area contributed by atoms with Crippen molar-refractivity contribution in [1.82, 2.24) is 0 Å². The third kappa shape index (κ3) is 2.64. The number of aryl methyl sites for hydroxylation is 2. The van der Waals surface area contributed by atoms with E-state index in [-0.39, 0.29) is 0 Å². The Hall–Kier alpha value is -1.96. The Kier molecular flexibility index (Phi) is 3.64. The van der Waals surface area contributed by atoms with Gasteiger partial charge < -0.3 is 10.6 Å². The van der Waals surface area contributed by atoms with Crippen LogP contribution < -0.4 is 10.6 Å². The molecule has 0 spiro atoms. The third-order valence-electron chi connectivity index (χ3n) is 4.16. The molecule has 0 atom stereocenters. The SMILES string of the molecule is Cc1cc(CN2CCCCc3ccccc32)ccc1N. The van der Waals surface area contributed by atoms with Gasteiger partial charge in [-0.25, -0.2) is 0 Å². The van der Waals surface area contributed by atoms with Crippen LogP contribution in [0.4, 0.5) is 11.4 Å². The van der Waals surface area contributed by atoms with Crippen LogP contribution in [0.2, 0.25) is 0 Å². The zero-order valence-corrected chi connectivity index (χ0v) is 12.1. The van der Waals surface area contributed by atoms with E-state index in [4.69, 9.17) is 5.73 Å². The van der Waals surface area contributed by atoms with E-state index in [0.717, 1.165) is 18.8 Å². The molecule has 2 nitrogen and oxygen atoms in total. The van der Waals surface area contributed by atoms with Crippen LogP contribution in [0.1, 0.15) is 29.5 Å². The van der Waals surface area contributed by atoms with E-state index in [2.05, 4.69) is 48.2 Å². The molecule has 0 bridgehead atoms. The van der Waals surface area contributed by atoms with Gasteiger partial charge in [0.15, 0.2) is 0 Å². The number of rotatable bonds is 2. The Morgan fingerprint density at radius 2 is 1.95 bits per heavy atom. The fourth-order valence-corrected chi connectivity index (χ4v) is 2.99. The Morgan fingerprint density at radius 3 is 2.80 bits per heavy atom. The first-order valence-corrected chi connectivity index (χ1v) is 7.42. The number of anilines is 2. The largest absolute Gasteiger partial charge is 0.399 e. The normalized spacial score (nSPS) is 14.8. The number of hydrogen-bond donors (Lipinski definition) is 1. The van der Waals surface area contributed by atoms with Gasteiger partial charge in [0.1, 0.15) is 0 Å². The maximum Gasteiger partial charge on any atom is 0.0429 e. The number of nitrogen functional groups attached to an aromatic ring is 1. The molecule has 2 aromatic rings. The topological polar surface area (TPSA) is 29.3 Å². The zero-order valence-electron chi connectivity index (χ0n) is 12.1. The summed E-state index contributed by atoms with van der Waals surface area (Å²) in [6.45, 7) is 4.19. The molecule has 20 heavy (non-hydrogen) atoms. The van der Waals surface area contributed by atoms with E-state index in [9.17, 15) is 0 Å². The van der Waals surface area contributed by atoms with E-state index in [1.54, 1.807) is 0 Å². The summed E-state index contributed by atoms with van der Waals surface area (Å²) in [5.41, 5.74) is 12.2. The van der Waals surface area contributed by atoms with Crippen LogP contribution in [-0.4, -0.2) is 6.54 Å². The smallest absolute Gasteiger partial charge is 0.0429 e. The lowest BCUT2D eigenvalue weighted by Gasteiger charge is -2.25. The quantitative estimate of drug-likeness (QED) is 0.835. The van der Waals surface area contributed by atoms with Gasteiger partial charge in [0, 0.05) is 24.5 Å². The lowest BCUT2D eigenvalue weighted by atomic mass is 10.1. The molecule has 0 saturated heterocycles. The lowest BCUT2D eigenvalue weighted by molar-refractivity contribution is 0.714. The third-order valence-corrected chi connectivity index (χ3v) is 4.16. The molecule has 0 unspecified atom stereocenters. The Balaban J connectivity index is 1.88. The number of para-hydroxylation sites is 1. The van der Waals surface area contributed by atoms with Gasteiger partial charge in [-0.3, -0.25) is 0 Å². The molecule has 1 heterocycles. The second kappa shape index (κ2) is 5.58. The molecule has 0 aromatic heterocycles. The van der Waals surface area contributed by atoms with Crippen LogP contribution >= 0.6 is 0 Å². The van der Waals surface area contributed by atoms with Gasteiger partial charge in [0.05, 0.1) is 0 Å². The van der Waals surface area contributed by atoms with E-state index < -0.39 is 0 Å². The van der Waals surface area contributed by atoms with Crippen LogP contribution in [0.3, 0.4) is 0 Å². The van der Waals surface area contributed by atoms with Crippen LogP contribution in [0.5, 0.6) is 0 Å². The molecule has 1 aliphatic rings. The Labute approximate surface area is 121 Å². The van der Waals surface area contributed by atoms with Gasteiger partial charge in [0.2, 0.25) is 0 Å². The fourth-order valence-electron chi connectivity index (χ4n) is 2.99. The molecule has 1 aliphatic heterocycles. The predicted octanol–water partition coefficient (Wildman–Crippen LogP) is 3.92. The van der Waals surface area contributed by atoms with Crippen molar-refractivity contribution in [1.29, 1.82) is 0 Å². The average Bonchev–Trinajstić information content (AvgIpc) is 2.66. The van der Waals surface area contributed by atoms with Crippen LogP contribution in [-0.2, 0) is 13.0 Å². The number of nitrogens with two attached hydrogens (primary N) is 1. The lowest BCUT2D eigenvalue weighted by Crippen LogP contribution is -2.23. The van der Waals surface area contributed by atoms with E-state index in [1.165, 1.54) is 41.6 Å². The number of benzene rings is 2. The molecule has 2 N–H and O–H groups in total. The molecular formula is C18H22N2. The summed E-state index contributed by atoms with van der Waals surface area (Å²) < 4.78 is 0. The maximum absolute atomic E-state index is 5.91. The first-order chi connectivity index (χ1) is 9.74. The second-order valence-electron chi connectivity index (χ2n) is 5.70. The minimum absolute atomic E-state index is 0.880. The highest BCUT2D eigenvalue weighted by Crippen LogP contribution is 2.27. The van der Waals surface area contributed by atoms with Crippen LogP contribution in [0.15, 0.2) is 42.5 Å². The minimum atomic E-state index is 0.880. The summed E-state index contributed by atoms with van der Waals surface area (Å²) in [5, 5.41) is 0. The highest BCUT2D eigenvalue weighted by Gasteiger charge is 2.15. The van der Waals surface area contributed by atoms with Gasteiger partial charge in [-0.2, -0.15) is 0 Å². The van der Waals surface area contributed by atoms with Gasteiger partial charge in [0.25, 0.3) is 0 Å². The molecule has 0 aliphatic carbocycles. The molecular weight excluding hydrogens is 244 g/mol. The number of hydrogen-bond acceptors (Lipinski definition) is 2. The van der Waals surface area contributed by atoms with Crippen molar-refractivity contribution in [2.75, 3.05) is 17.2 Å². The van der Waals surface area contributed by atoms with Crippen molar-refractivity contribution >= 4 is 11.4 Å². The molecule has 0 radical (unpaired) electrons. The molecule has 0 saturated carbocycles. The first-order valence-electron chi connectivity index (χ1n) is 7.42. The summed E-state index contributed by atoms with van der Waals surface area (Å²) >= 11 is 0. The monoisotopic (exact) mass is 266 g/mol. The average molecular weight is 266 g/mol. The highest BCUT2D eigenvalue weighted by atomic mass is 15.1. The fraction of sp³-hybridized carbons (Fsp3) is 0.333. The van der Waals surface area contributed by atoms with E-state index in [0.29, 0.717) is 0 Å². The van der Waals surface area contributed by atoms with Crippen molar-refractivity contribution in [3.63, 3.8) is 0 Å². The first kappa shape index (κ1) is 13.0. The summed E-state index contributed by atoms with van der Waals surface area (Å²) in [6.07, 6.45) is 3.75. The van der Waals surface area contributed by atoms with Crippen molar-refractivity contribution in [2.45, 2.75) is 32.7 Å². The van der Waals surface area contributed by atoms with Gasteiger partial charge >= 0.3 is 0 Å². The van der Waals surface area contributed by atoms with Gasteiger partial charge in [-0.05, 0) is 55.0 Å². The minimum Gasteiger partial charge on any atom is -0.399 e. The molecule has 0 amide bonds. The Bertz CT molecular complexity index is 604. The Morgan fingerprint density at radius 1 is 1.10 bits per heavy atom. The van der Waals surface area contributed by atoms with Crippen molar-refractivity contribution in [2.24, 2.45) is 0 Å². The van der Waals surface area contributed by atoms with E-state index >= 15 is 0 Å².